The van der Waals surface area contributed by atoms with Crippen molar-refractivity contribution in [1.29, 1.82) is 0 Å². The lowest BCUT2D eigenvalue weighted by atomic mass is 10.1. The summed E-state index contributed by atoms with van der Waals surface area (Å²) in [4.78, 5) is 11.5. The highest BCUT2D eigenvalue weighted by Gasteiger charge is 2.19. The minimum absolute atomic E-state index is 0.509. The quantitative estimate of drug-likeness (QED) is 0.309. The van der Waals surface area contributed by atoms with Crippen LogP contribution in [0.3, 0.4) is 0 Å². The van der Waals surface area contributed by atoms with Crippen LogP contribution in [-0.4, -0.2) is 37.4 Å². The Labute approximate surface area is 202 Å². The Morgan fingerprint density at radius 1 is 0.719 bits per heavy atom. The Morgan fingerprint density at radius 2 is 1.12 bits per heavy atom. The molecule has 0 aliphatic rings. The van der Waals surface area contributed by atoms with Gasteiger partial charge >= 0.3 is 0 Å². The van der Waals surface area contributed by atoms with E-state index in [0.717, 1.165) is 26.2 Å². The van der Waals surface area contributed by atoms with E-state index in [4.69, 9.17) is 28.9 Å². The molecular weight excluding hydrogens is 521 g/mol. The molecule has 8 heteroatoms. The number of anilines is 1. The SMILES string of the molecule is CCOc1nc(N(Cc2ccc(OC)cc2)Cc2ccc(OC)cc2)nc(OCC)c1I. The molecule has 3 rings (SSSR count). The lowest BCUT2D eigenvalue weighted by molar-refractivity contribution is 0.300. The van der Waals surface area contributed by atoms with E-state index in [1.165, 1.54) is 0 Å². The minimum Gasteiger partial charge on any atom is -0.497 e. The van der Waals surface area contributed by atoms with Gasteiger partial charge in [-0.05, 0) is 71.8 Å². The van der Waals surface area contributed by atoms with Crippen LogP contribution in [0.5, 0.6) is 23.3 Å². The van der Waals surface area contributed by atoms with Crippen molar-refractivity contribution in [2.24, 2.45) is 0 Å². The lowest BCUT2D eigenvalue weighted by Crippen LogP contribution is -2.25. The predicted octanol–water partition coefficient (Wildman–Crippen LogP) is 5.10. The number of rotatable bonds is 11. The summed E-state index contributed by atoms with van der Waals surface area (Å²) in [7, 11) is 3.32. The maximum Gasteiger partial charge on any atom is 0.236 e. The van der Waals surface area contributed by atoms with E-state index in [0.29, 0.717) is 44.0 Å². The highest BCUT2D eigenvalue weighted by atomic mass is 127. The summed E-state index contributed by atoms with van der Waals surface area (Å²) in [6.07, 6.45) is 0. The summed E-state index contributed by atoms with van der Waals surface area (Å²) >= 11 is 2.17. The third-order valence-electron chi connectivity index (χ3n) is 4.69. The van der Waals surface area contributed by atoms with Gasteiger partial charge in [0.05, 0.1) is 27.4 Å². The molecule has 0 bridgehead atoms. The second kappa shape index (κ2) is 11.8. The third kappa shape index (κ3) is 6.15. The molecule has 0 atom stereocenters. The Kier molecular flexibility index (Phi) is 8.78. The van der Waals surface area contributed by atoms with Crippen LogP contribution < -0.4 is 23.8 Å². The number of halogens is 1. The first-order valence-electron chi connectivity index (χ1n) is 10.4. The van der Waals surface area contributed by atoms with Crippen LogP contribution in [0.25, 0.3) is 0 Å². The van der Waals surface area contributed by atoms with Crippen LogP contribution in [0.1, 0.15) is 25.0 Å². The fourth-order valence-electron chi connectivity index (χ4n) is 3.10. The van der Waals surface area contributed by atoms with Crippen molar-refractivity contribution in [3.8, 4) is 23.3 Å². The molecule has 0 fully saturated rings. The second-order valence-corrected chi connectivity index (χ2v) is 7.94. The average Bonchev–Trinajstić information content (AvgIpc) is 2.82. The topological polar surface area (TPSA) is 65.9 Å². The van der Waals surface area contributed by atoms with Gasteiger partial charge in [-0.3, -0.25) is 0 Å². The van der Waals surface area contributed by atoms with Crippen molar-refractivity contribution in [2.45, 2.75) is 26.9 Å². The van der Waals surface area contributed by atoms with E-state index in [1.807, 2.05) is 62.4 Å². The summed E-state index contributed by atoms with van der Waals surface area (Å²) < 4.78 is 22.9. The molecule has 0 aliphatic carbocycles. The number of hydrogen-bond acceptors (Lipinski definition) is 7. The van der Waals surface area contributed by atoms with Gasteiger partial charge in [0.1, 0.15) is 15.1 Å². The van der Waals surface area contributed by atoms with E-state index in [2.05, 4.69) is 27.5 Å². The standard InChI is InChI=1S/C24H28IN3O4/c1-5-31-22-21(25)23(32-6-2)27-24(26-22)28(15-17-7-11-19(29-3)12-8-17)16-18-9-13-20(30-4)14-10-18/h7-14H,5-6,15-16H2,1-4H3. The fraction of sp³-hybridized carbons (Fsp3) is 0.333. The summed E-state index contributed by atoms with van der Waals surface area (Å²) in [5.41, 5.74) is 2.22. The van der Waals surface area contributed by atoms with E-state index < -0.39 is 0 Å². The van der Waals surface area contributed by atoms with Crippen LogP contribution >= 0.6 is 22.6 Å². The number of aromatic nitrogens is 2. The molecular formula is C24H28IN3O4. The van der Waals surface area contributed by atoms with Gasteiger partial charge in [-0.15, -0.1) is 0 Å². The van der Waals surface area contributed by atoms with E-state index in [-0.39, 0.29) is 0 Å². The number of nitrogens with zero attached hydrogens (tertiary/aromatic N) is 3. The molecule has 0 N–H and O–H groups in total. The molecule has 0 saturated heterocycles. The van der Waals surface area contributed by atoms with Gasteiger partial charge < -0.3 is 23.8 Å². The summed E-state index contributed by atoms with van der Waals surface area (Å²) in [6, 6.07) is 16.0. The highest BCUT2D eigenvalue weighted by molar-refractivity contribution is 14.1. The molecule has 3 aromatic rings. The van der Waals surface area contributed by atoms with Crippen LogP contribution in [0.15, 0.2) is 48.5 Å². The number of hydrogen-bond donors (Lipinski definition) is 0. The molecule has 0 amide bonds. The fourth-order valence-corrected chi connectivity index (χ4v) is 3.66. The van der Waals surface area contributed by atoms with Gasteiger partial charge in [0, 0.05) is 13.1 Å². The molecule has 1 aromatic heterocycles. The monoisotopic (exact) mass is 549 g/mol. The zero-order chi connectivity index (χ0) is 22.9. The van der Waals surface area contributed by atoms with Gasteiger partial charge in [0.25, 0.3) is 0 Å². The zero-order valence-electron chi connectivity index (χ0n) is 18.8. The Hall–Kier alpha value is -2.75. The first-order valence-corrected chi connectivity index (χ1v) is 11.5. The largest absolute Gasteiger partial charge is 0.497 e. The molecule has 7 nitrogen and oxygen atoms in total. The van der Waals surface area contributed by atoms with E-state index >= 15 is 0 Å². The molecule has 170 valence electrons. The predicted molar refractivity (Wildman–Crippen MR) is 133 cm³/mol. The third-order valence-corrected chi connectivity index (χ3v) is 5.61. The van der Waals surface area contributed by atoms with Crippen LogP contribution in [0, 0.1) is 3.57 Å². The van der Waals surface area contributed by atoms with Crippen molar-refractivity contribution in [1.82, 2.24) is 9.97 Å². The van der Waals surface area contributed by atoms with Crippen molar-refractivity contribution in [3.05, 3.63) is 63.2 Å². The van der Waals surface area contributed by atoms with E-state index in [9.17, 15) is 0 Å². The summed E-state index contributed by atoms with van der Waals surface area (Å²) in [5, 5.41) is 0. The lowest BCUT2D eigenvalue weighted by Gasteiger charge is -2.24. The number of methoxy groups -OCH3 is 2. The molecule has 0 aliphatic heterocycles. The number of benzene rings is 2. The molecule has 32 heavy (non-hydrogen) atoms. The molecule has 0 saturated carbocycles. The van der Waals surface area contributed by atoms with Gasteiger partial charge in [0.15, 0.2) is 0 Å². The zero-order valence-corrected chi connectivity index (χ0v) is 21.0. The van der Waals surface area contributed by atoms with Gasteiger partial charge in [-0.1, -0.05) is 24.3 Å². The van der Waals surface area contributed by atoms with Crippen LogP contribution in [0.4, 0.5) is 5.95 Å². The van der Waals surface area contributed by atoms with E-state index in [1.54, 1.807) is 14.2 Å². The minimum atomic E-state index is 0.509. The molecule has 0 unspecified atom stereocenters. The molecule has 0 radical (unpaired) electrons. The Balaban J connectivity index is 1.99. The highest BCUT2D eigenvalue weighted by Crippen LogP contribution is 2.31. The maximum atomic E-state index is 5.78. The summed E-state index contributed by atoms with van der Waals surface area (Å²) in [6.45, 7) is 6.10. The van der Waals surface area contributed by atoms with Crippen molar-refractivity contribution in [2.75, 3.05) is 32.3 Å². The molecule has 2 aromatic carbocycles. The Bertz CT molecular complexity index is 921. The van der Waals surface area contributed by atoms with Gasteiger partial charge in [-0.25, -0.2) is 0 Å². The first-order chi connectivity index (χ1) is 15.6. The number of ether oxygens (including phenoxy) is 4. The van der Waals surface area contributed by atoms with Gasteiger partial charge in [-0.2, -0.15) is 9.97 Å². The smallest absolute Gasteiger partial charge is 0.236 e. The van der Waals surface area contributed by atoms with Crippen LogP contribution in [0.2, 0.25) is 0 Å². The average molecular weight is 549 g/mol. The second-order valence-electron chi connectivity index (χ2n) is 6.87. The maximum absolute atomic E-state index is 5.78. The Morgan fingerprint density at radius 3 is 1.47 bits per heavy atom. The van der Waals surface area contributed by atoms with Crippen LogP contribution in [-0.2, 0) is 13.1 Å². The van der Waals surface area contributed by atoms with Gasteiger partial charge in [0.2, 0.25) is 17.7 Å². The molecule has 0 spiro atoms. The normalized spacial score (nSPS) is 10.5. The van der Waals surface area contributed by atoms with Crippen molar-refractivity contribution >= 4 is 28.5 Å². The first kappa shape index (κ1) is 23.9. The summed E-state index contributed by atoms with van der Waals surface area (Å²) in [5.74, 6) is 3.23. The van der Waals surface area contributed by atoms with Crippen molar-refractivity contribution < 1.29 is 18.9 Å². The van der Waals surface area contributed by atoms with Crippen molar-refractivity contribution in [3.63, 3.8) is 0 Å². The molecule has 1 heterocycles.